The molecule has 0 saturated carbocycles. The van der Waals surface area contributed by atoms with Crippen molar-refractivity contribution in [3.63, 3.8) is 0 Å². The van der Waals surface area contributed by atoms with Gasteiger partial charge in [0.2, 0.25) is 5.91 Å². The number of allylic oxidation sites excluding steroid dienone is 1. The minimum atomic E-state index is -0.483. The molecule has 0 saturated heterocycles. The minimum absolute atomic E-state index is 0.112. The van der Waals surface area contributed by atoms with Crippen molar-refractivity contribution in [2.75, 3.05) is 0 Å². The largest absolute Gasteiger partial charge is 0.463 e. The van der Waals surface area contributed by atoms with E-state index in [4.69, 9.17) is 13.8 Å². The van der Waals surface area contributed by atoms with Crippen molar-refractivity contribution in [1.29, 1.82) is 0 Å². The Kier molecular flexibility index (Phi) is 3.82. The summed E-state index contributed by atoms with van der Waals surface area (Å²) in [5.41, 5.74) is 2.24. The van der Waals surface area contributed by atoms with Gasteiger partial charge >= 0.3 is 0 Å². The zero-order valence-electron chi connectivity index (χ0n) is 13.6. The maximum Gasteiger partial charge on any atom is 0.226 e. The van der Waals surface area contributed by atoms with Crippen LogP contribution >= 0.6 is 0 Å². The molecule has 0 bridgehead atoms. The van der Waals surface area contributed by atoms with Crippen molar-refractivity contribution in [2.45, 2.75) is 13.1 Å². The van der Waals surface area contributed by atoms with Gasteiger partial charge in [0.25, 0.3) is 0 Å². The predicted octanol–water partition coefficient (Wildman–Crippen LogP) is 4.26. The molecule has 0 radical (unpaired) electrons. The SMILES string of the molecule is CC(=O)N1C(c2ccco2)=CC(c2ccco2)=NC1c1ccccc1. The highest BCUT2D eigenvalue weighted by Crippen LogP contribution is 2.35. The second kappa shape index (κ2) is 6.28. The second-order valence-electron chi connectivity index (χ2n) is 5.67. The molecule has 3 heterocycles. The Labute approximate surface area is 144 Å². The van der Waals surface area contributed by atoms with E-state index < -0.39 is 6.17 Å². The third-order valence-corrected chi connectivity index (χ3v) is 4.02. The molecule has 1 aliphatic rings. The highest BCUT2D eigenvalue weighted by atomic mass is 16.3. The first kappa shape index (κ1) is 15.2. The normalized spacial score (nSPS) is 17.2. The smallest absolute Gasteiger partial charge is 0.226 e. The van der Waals surface area contributed by atoms with Gasteiger partial charge in [0.15, 0.2) is 17.7 Å². The molecule has 0 aliphatic carbocycles. The van der Waals surface area contributed by atoms with E-state index in [0.29, 0.717) is 22.9 Å². The molecule has 25 heavy (non-hydrogen) atoms. The van der Waals surface area contributed by atoms with Crippen molar-refractivity contribution < 1.29 is 13.6 Å². The quantitative estimate of drug-likeness (QED) is 0.720. The molecule has 1 atom stereocenters. The van der Waals surface area contributed by atoms with Crippen molar-refractivity contribution >= 4 is 17.3 Å². The standard InChI is InChI=1S/C20H16N2O3/c1-14(23)22-17(19-10-6-12-25-19)13-16(18-9-5-11-24-18)21-20(22)15-7-3-2-4-8-15/h2-13,20H,1H3. The number of carbonyl (C=O) groups is 1. The molecular formula is C20H16N2O3. The van der Waals surface area contributed by atoms with Crippen LogP contribution in [0.3, 0.4) is 0 Å². The van der Waals surface area contributed by atoms with Gasteiger partial charge in [-0.1, -0.05) is 30.3 Å². The lowest BCUT2D eigenvalue weighted by molar-refractivity contribution is -0.127. The molecule has 4 rings (SSSR count). The van der Waals surface area contributed by atoms with Gasteiger partial charge in [-0.15, -0.1) is 0 Å². The highest BCUT2D eigenvalue weighted by Gasteiger charge is 2.32. The van der Waals surface area contributed by atoms with Gasteiger partial charge in [-0.2, -0.15) is 0 Å². The van der Waals surface area contributed by atoms with Crippen LogP contribution in [0.5, 0.6) is 0 Å². The fourth-order valence-corrected chi connectivity index (χ4v) is 2.92. The Morgan fingerprint density at radius 1 is 0.960 bits per heavy atom. The van der Waals surface area contributed by atoms with Crippen LogP contribution in [0.15, 0.2) is 87.0 Å². The molecule has 5 nitrogen and oxygen atoms in total. The number of aliphatic imine (C=N–C) groups is 1. The van der Waals surface area contributed by atoms with Gasteiger partial charge in [-0.3, -0.25) is 14.7 Å². The Morgan fingerprint density at radius 3 is 2.24 bits per heavy atom. The number of carbonyl (C=O) groups excluding carboxylic acids is 1. The zero-order chi connectivity index (χ0) is 17.2. The molecule has 5 heteroatoms. The average molecular weight is 332 g/mol. The molecule has 0 N–H and O–H groups in total. The molecule has 2 aromatic heterocycles. The molecule has 1 unspecified atom stereocenters. The number of benzene rings is 1. The van der Waals surface area contributed by atoms with E-state index in [1.54, 1.807) is 23.5 Å². The van der Waals surface area contributed by atoms with Gasteiger partial charge < -0.3 is 8.83 Å². The summed E-state index contributed by atoms with van der Waals surface area (Å²) in [5, 5.41) is 0. The minimum Gasteiger partial charge on any atom is -0.463 e. The number of nitrogens with zero attached hydrogens (tertiary/aromatic N) is 2. The summed E-state index contributed by atoms with van der Waals surface area (Å²) in [5.74, 6) is 1.14. The molecule has 0 fully saturated rings. The van der Waals surface area contributed by atoms with Crippen LogP contribution in [0, 0.1) is 0 Å². The number of furan rings is 2. The lowest BCUT2D eigenvalue weighted by Crippen LogP contribution is -2.34. The third kappa shape index (κ3) is 2.80. The van der Waals surface area contributed by atoms with Crippen molar-refractivity contribution in [3.8, 4) is 0 Å². The monoisotopic (exact) mass is 332 g/mol. The van der Waals surface area contributed by atoms with Gasteiger partial charge in [0.1, 0.15) is 5.71 Å². The molecule has 0 spiro atoms. The van der Waals surface area contributed by atoms with Gasteiger partial charge in [0, 0.05) is 6.92 Å². The van der Waals surface area contributed by atoms with Crippen LogP contribution in [0.1, 0.15) is 30.2 Å². The molecule has 1 aromatic carbocycles. The second-order valence-corrected chi connectivity index (χ2v) is 5.67. The van der Waals surface area contributed by atoms with Crippen molar-refractivity contribution in [2.24, 2.45) is 4.99 Å². The first-order chi connectivity index (χ1) is 12.2. The van der Waals surface area contributed by atoms with E-state index in [2.05, 4.69) is 0 Å². The lowest BCUT2D eigenvalue weighted by Gasteiger charge is -2.33. The van der Waals surface area contributed by atoms with Crippen LogP contribution in [0.4, 0.5) is 0 Å². The number of hydrogen-bond acceptors (Lipinski definition) is 4. The third-order valence-electron chi connectivity index (χ3n) is 4.02. The van der Waals surface area contributed by atoms with Crippen LogP contribution in [-0.2, 0) is 4.79 Å². The Bertz CT molecular complexity index is 923. The summed E-state index contributed by atoms with van der Waals surface area (Å²) in [6.45, 7) is 1.53. The summed E-state index contributed by atoms with van der Waals surface area (Å²) in [4.78, 5) is 18.8. The van der Waals surface area contributed by atoms with Crippen LogP contribution in [-0.4, -0.2) is 16.5 Å². The summed E-state index contributed by atoms with van der Waals surface area (Å²) in [6.07, 6.45) is 4.53. The first-order valence-corrected chi connectivity index (χ1v) is 7.96. The summed E-state index contributed by atoms with van der Waals surface area (Å²) < 4.78 is 11.1. The van der Waals surface area contributed by atoms with E-state index in [0.717, 1.165) is 5.56 Å². The summed E-state index contributed by atoms with van der Waals surface area (Å²) >= 11 is 0. The Morgan fingerprint density at radius 2 is 1.64 bits per heavy atom. The zero-order valence-corrected chi connectivity index (χ0v) is 13.6. The van der Waals surface area contributed by atoms with E-state index in [9.17, 15) is 4.79 Å². The maximum atomic E-state index is 12.4. The summed E-state index contributed by atoms with van der Waals surface area (Å²) in [6, 6.07) is 17.0. The highest BCUT2D eigenvalue weighted by molar-refractivity contribution is 6.12. The van der Waals surface area contributed by atoms with E-state index in [1.807, 2.05) is 54.6 Å². The fraction of sp³-hybridized carbons (Fsp3) is 0.100. The maximum absolute atomic E-state index is 12.4. The van der Waals surface area contributed by atoms with Gasteiger partial charge in [0.05, 0.1) is 18.2 Å². The molecule has 1 amide bonds. The molecule has 3 aromatic rings. The van der Waals surface area contributed by atoms with Crippen molar-refractivity contribution in [1.82, 2.24) is 4.90 Å². The van der Waals surface area contributed by atoms with Crippen LogP contribution in [0.2, 0.25) is 0 Å². The van der Waals surface area contributed by atoms with Gasteiger partial charge in [-0.05, 0) is 35.9 Å². The van der Waals surface area contributed by atoms with Gasteiger partial charge in [-0.25, -0.2) is 0 Å². The van der Waals surface area contributed by atoms with Crippen LogP contribution < -0.4 is 0 Å². The average Bonchev–Trinajstić information content (AvgIpc) is 3.35. The molecular weight excluding hydrogens is 316 g/mol. The molecule has 124 valence electrons. The number of hydrogen-bond donors (Lipinski definition) is 0. The fourth-order valence-electron chi connectivity index (χ4n) is 2.92. The van der Waals surface area contributed by atoms with E-state index in [-0.39, 0.29) is 5.91 Å². The number of amides is 1. The Balaban J connectivity index is 1.89. The van der Waals surface area contributed by atoms with Crippen molar-refractivity contribution in [3.05, 3.63) is 90.3 Å². The predicted molar refractivity (Wildman–Crippen MR) is 93.6 cm³/mol. The first-order valence-electron chi connectivity index (χ1n) is 7.96. The van der Waals surface area contributed by atoms with E-state index in [1.165, 1.54) is 6.92 Å². The summed E-state index contributed by atoms with van der Waals surface area (Å²) in [7, 11) is 0. The Hall–Kier alpha value is -3.34. The molecule has 1 aliphatic heterocycles. The topological polar surface area (TPSA) is 59.0 Å². The lowest BCUT2D eigenvalue weighted by atomic mass is 10.1. The van der Waals surface area contributed by atoms with Crippen LogP contribution in [0.25, 0.3) is 5.70 Å². The van der Waals surface area contributed by atoms with E-state index >= 15 is 0 Å². The number of rotatable bonds is 3.